The summed E-state index contributed by atoms with van der Waals surface area (Å²) in [4.78, 5) is 12.1. The second kappa shape index (κ2) is 9.08. The van der Waals surface area contributed by atoms with Crippen molar-refractivity contribution in [1.82, 2.24) is 0 Å². The molecule has 0 amide bonds. The predicted octanol–water partition coefficient (Wildman–Crippen LogP) is 4.93. The smallest absolute Gasteiger partial charge is 0.185 e. The van der Waals surface area contributed by atoms with Crippen LogP contribution in [0.2, 0.25) is 0 Å². The molecule has 3 nitrogen and oxygen atoms in total. The third-order valence-corrected chi connectivity index (χ3v) is 4.35. The van der Waals surface area contributed by atoms with Crippen molar-refractivity contribution in [2.45, 2.75) is 6.10 Å². The molecule has 136 valence electrons. The molecule has 1 unspecified atom stereocenters. The van der Waals surface area contributed by atoms with Crippen molar-refractivity contribution < 1.29 is 14.6 Å². The van der Waals surface area contributed by atoms with Crippen LogP contribution in [0, 0.1) is 0 Å². The third kappa shape index (κ3) is 5.00. The molecule has 0 aromatic heterocycles. The molecule has 1 atom stereocenters. The normalized spacial score (nSPS) is 12.2. The number of carbonyl (C=O) groups is 1. The van der Waals surface area contributed by atoms with Crippen molar-refractivity contribution in [2.75, 3.05) is 13.7 Å². The van der Waals surface area contributed by atoms with Crippen molar-refractivity contribution in [3.63, 3.8) is 0 Å². The van der Waals surface area contributed by atoms with Gasteiger partial charge in [0.15, 0.2) is 5.78 Å². The number of hydrogen-bond acceptors (Lipinski definition) is 3. The Kier molecular flexibility index (Phi) is 6.31. The number of carbonyl (C=O) groups excluding carboxylic acids is 1. The Morgan fingerprint density at radius 1 is 0.926 bits per heavy atom. The highest BCUT2D eigenvalue weighted by molar-refractivity contribution is 6.06. The zero-order valence-electron chi connectivity index (χ0n) is 15.2. The average molecular weight is 358 g/mol. The number of benzene rings is 3. The molecular weight excluding hydrogens is 336 g/mol. The standard InChI is InChI=1S/C24H22O3/c1-27-17-24(26)22-14-12-20(13-15-22)19-10-7-18(8-11-19)9-16-23(25)21-5-3-2-4-6-21/h2-16,24,26H,17H2,1H3. The van der Waals surface area contributed by atoms with Crippen LogP contribution in [0.5, 0.6) is 0 Å². The molecule has 27 heavy (non-hydrogen) atoms. The fourth-order valence-electron chi connectivity index (χ4n) is 2.81. The van der Waals surface area contributed by atoms with E-state index in [2.05, 4.69) is 0 Å². The molecule has 1 N–H and O–H groups in total. The van der Waals surface area contributed by atoms with Gasteiger partial charge >= 0.3 is 0 Å². The second-order valence-corrected chi connectivity index (χ2v) is 6.28. The topological polar surface area (TPSA) is 46.5 Å². The minimum Gasteiger partial charge on any atom is -0.386 e. The Labute approximate surface area is 159 Å². The molecule has 0 bridgehead atoms. The first kappa shape index (κ1) is 18.8. The summed E-state index contributed by atoms with van der Waals surface area (Å²) in [7, 11) is 1.57. The van der Waals surface area contributed by atoms with E-state index < -0.39 is 6.10 Å². The maximum absolute atomic E-state index is 12.1. The monoisotopic (exact) mass is 358 g/mol. The fraction of sp³-hybridized carbons (Fsp3) is 0.125. The minimum absolute atomic E-state index is 0.00937. The first-order valence-electron chi connectivity index (χ1n) is 8.82. The van der Waals surface area contributed by atoms with E-state index in [4.69, 9.17) is 4.74 Å². The van der Waals surface area contributed by atoms with Gasteiger partial charge in [0.1, 0.15) is 6.10 Å². The number of aliphatic hydroxyl groups is 1. The zero-order chi connectivity index (χ0) is 19.1. The number of hydrogen-bond donors (Lipinski definition) is 1. The zero-order valence-corrected chi connectivity index (χ0v) is 15.2. The van der Waals surface area contributed by atoms with Gasteiger partial charge in [-0.05, 0) is 28.3 Å². The summed E-state index contributed by atoms with van der Waals surface area (Å²) in [6.07, 6.45) is 2.80. The first-order chi connectivity index (χ1) is 13.2. The Bertz CT molecular complexity index is 895. The fourth-order valence-corrected chi connectivity index (χ4v) is 2.81. The molecule has 3 aromatic rings. The van der Waals surface area contributed by atoms with Crippen molar-refractivity contribution in [3.05, 3.63) is 102 Å². The van der Waals surface area contributed by atoms with Crippen molar-refractivity contribution in [3.8, 4) is 11.1 Å². The van der Waals surface area contributed by atoms with Crippen LogP contribution in [0.3, 0.4) is 0 Å². The lowest BCUT2D eigenvalue weighted by atomic mass is 10.0. The maximum Gasteiger partial charge on any atom is 0.185 e. The molecule has 0 heterocycles. The van der Waals surface area contributed by atoms with E-state index in [9.17, 15) is 9.90 Å². The lowest BCUT2D eigenvalue weighted by molar-refractivity contribution is 0.0644. The van der Waals surface area contributed by atoms with Crippen molar-refractivity contribution >= 4 is 11.9 Å². The van der Waals surface area contributed by atoms with Crippen LogP contribution in [0.25, 0.3) is 17.2 Å². The summed E-state index contributed by atoms with van der Waals surface area (Å²) >= 11 is 0. The van der Waals surface area contributed by atoms with Gasteiger partial charge < -0.3 is 9.84 Å². The van der Waals surface area contributed by atoms with E-state index >= 15 is 0 Å². The van der Waals surface area contributed by atoms with E-state index in [0.717, 1.165) is 22.3 Å². The van der Waals surface area contributed by atoms with E-state index in [1.807, 2.05) is 84.9 Å². The summed E-state index contributed by atoms with van der Waals surface area (Å²) in [6.45, 7) is 0.280. The van der Waals surface area contributed by atoms with E-state index in [0.29, 0.717) is 5.56 Å². The Morgan fingerprint density at radius 3 is 2.11 bits per heavy atom. The SMILES string of the molecule is COCC(O)c1ccc(-c2ccc(C=CC(=O)c3ccccc3)cc2)cc1. The Balaban J connectivity index is 1.68. The lowest BCUT2D eigenvalue weighted by Gasteiger charge is -2.10. The molecule has 3 aromatic carbocycles. The number of ketones is 1. The summed E-state index contributed by atoms with van der Waals surface area (Å²) < 4.78 is 4.97. The van der Waals surface area contributed by atoms with Crippen molar-refractivity contribution in [2.24, 2.45) is 0 Å². The summed E-state index contributed by atoms with van der Waals surface area (Å²) in [5.74, 6) is -0.00937. The minimum atomic E-state index is -0.612. The van der Waals surface area contributed by atoms with Crippen LogP contribution >= 0.6 is 0 Å². The molecule has 3 heteroatoms. The summed E-state index contributed by atoms with van der Waals surface area (Å²) in [5, 5.41) is 9.94. The molecule has 3 rings (SSSR count). The van der Waals surface area contributed by atoms with E-state index in [1.54, 1.807) is 13.2 Å². The van der Waals surface area contributed by atoms with Gasteiger partial charge in [-0.25, -0.2) is 0 Å². The predicted molar refractivity (Wildman–Crippen MR) is 109 cm³/mol. The maximum atomic E-state index is 12.1. The van der Waals surface area contributed by atoms with Gasteiger partial charge in [-0.15, -0.1) is 0 Å². The second-order valence-electron chi connectivity index (χ2n) is 6.28. The number of rotatable bonds is 7. The molecule has 0 aliphatic carbocycles. The van der Waals surface area contributed by atoms with Crippen LogP contribution < -0.4 is 0 Å². The van der Waals surface area contributed by atoms with Gasteiger partial charge in [0.25, 0.3) is 0 Å². The van der Waals surface area contributed by atoms with E-state index in [1.165, 1.54) is 0 Å². The highest BCUT2D eigenvalue weighted by Crippen LogP contribution is 2.23. The highest BCUT2D eigenvalue weighted by Gasteiger charge is 2.07. The molecule has 0 saturated carbocycles. The molecular formula is C24H22O3. The average Bonchev–Trinajstić information content (AvgIpc) is 2.73. The Hall–Kier alpha value is -3.01. The van der Waals surface area contributed by atoms with Gasteiger partial charge in [-0.3, -0.25) is 4.79 Å². The number of aliphatic hydroxyl groups excluding tert-OH is 1. The summed E-state index contributed by atoms with van der Waals surface area (Å²) in [6, 6.07) is 25.0. The highest BCUT2D eigenvalue weighted by atomic mass is 16.5. The molecule has 0 aliphatic heterocycles. The van der Waals surface area contributed by atoms with Gasteiger partial charge in [0.05, 0.1) is 6.61 Å². The molecule has 0 aliphatic rings. The third-order valence-electron chi connectivity index (χ3n) is 4.35. The van der Waals surface area contributed by atoms with E-state index in [-0.39, 0.29) is 12.4 Å². The molecule has 0 spiro atoms. The Morgan fingerprint density at radius 2 is 1.52 bits per heavy atom. The summed E-state index contributed by atoms with van der Waals surface area (Å²) in [5.41, 5.74) is 4.63. The van der Waals surface area contributed by atoms with Crippen molar-refractivity contribution in [1.29, 1.82) is 0 Å². The molecule has 0 saturated heterocycles. The number of methoxy groups -OCH3 is 1. The number of allylic oxidation sites excluding steroid dienone is 1. The number of ether oxygens (including phenoxy) is 1. The van der Waals surface area contributed by atoms with Gasteiger partial charge in [0, 0.05) is 12.7 Å². The van der Waals surface area contributed by atoms with Gasteiger partial charge in [0.2, 0.25) is 0 Å². The molecule has 0 fully saturated rings. The first-order valence-corrected chi connectivity index (χ1v) is 8.82. The molecule has 0 radical (unpaired) electrons. The van der Waals surface area contributed by atoms with Gasteiger partial charge in [-0.1, -0.05) is 84.9 Å². The van der Waals surface area contributed by atoms with Crippen LogP contribution in [-0.2, 0) is 4.74 Å². The van der Waals surface area contributed by atoms with Crippen LogP contribution in [0.15, 0.2) is 84.9 Å². The quantitative estimate of drug-likeness (QED) is 0.481. The largest absolute Gasteiger partial charge is 0.386 e. The van der Waals surface area contributed by atoms with Crippen LogP contribution in [0.4, 0.5) is 0 Å². The lowest BCUT2D eigenvalue weighted by Crippen LogP contribution is -2.04. The van der Waals surface area contributed by atoms with Crippen LogP contribution in [-0.4, -0.2) is 24.6 Å². The van der Waals surface area contributed by atoms with Gasteiger partial charge in [-0.2, -0.15) is 0 Å². The van der Waals surface area contributed by atoms with Crippen LogP contribution in [0.1, 0.15) is 27.6 Å².